The third-order valence-electron chi connectivity index (χ3n) is 2.68. The van der Waals surface area contributed by atoms with Crippen LogP contribution >= 0.6 is 23.1 Å². The first-order valence-corrected chi connectivity index (χ1v) is 8.27. The van der Waals surface area contributed by atoms with Gasteiger partial charge in [-0.1, -0.05) is 29.2 Å². The first kappa shape index (κ1) is 16.2. The Labute approximate surface area is 135 Å². The topological polar surface area (TPSA) is 85.4 Å². The van der Waals surface area contributed by atoms with Gasteiger partial charge in [0, 0.05) is 17.9 Å². The Morgan fingerprint density at radius 3 is 2.95 bits per heavy atom. The number of nitrogens with zero attached hydrogens (tertiary/aromatic N) is 4. The van der Waals surface area contributed by atoms with Gasteiger partial charge in [0.15, 0.2) is 4.34 Å². The summed E-state index contributed by atoms with van der Waals surface area (Å²) in [5, 5.41) is 29.1. The lowest BCUT2D eigenvalue weighted by atomic mass is 10.1. The molecular weight excluding hydrogens is 321 g/mol. The van der Waals surface area contributed by atoms with Crippen LogP contribution in [0.1, 0.15) is 12.8 Å². The Morgan fingerprint density at radius 2 is 2.23 bits per heavy atom. The summed E-state index contributed by atoms with van der Waals surface area (Å²) in [6.45, 7) is 0. The number of hydrogen-bond donors (Lipinski definition) is 1. The van der Waals surface area contributed by atoms with E-state index in [4.69, 9.17) is 10.5 Å². The van der Waals surface area contributed by atoms with Crippen LogP contribution in [-0.4, -0.2) is 16.0 Å². The van der Waals surface area contributed by atoms with Crippen LogP contribution in [0, 0.1) is 34.4 Å². The molecule has 8 heteroatoms. The fraction of sp³-hybridized carbons (Fsp3) is 0.286. The average molecular weight is 333 g/mol. The van der Waals surface area contributed by atoms with E-state index in [0.717, 1.165) is 4.34 Å². The van der Waals surface area contributed by atoms with Gasteiger partial charge in [0.2, 0.25) is 5.13 Å². The standard InChI is InChI=1S/C14H12FN5S2/c15-11-4-1-5-12(7-11)18-13-19-20-14(22-13)21-9-10(8-17)3-2-6-16/h1,4-5,7,10H,2-3,9H2,(H,18,19)/t10-/m1/s1. The number of rotatable bonds is 7. The molecule has 0 aliphatic heterocycles. The second kappa shape index (κ2) is 8.32. The zero-order valence-corrected chi connectivity index (χ0v) is 13.1. The van der Waals surface area contributed by atoms with Gasteiger partial charge in [-0.2, -0.15) is 10.5 Å². The summed E-state index contributed by atoms with van der Waals surface area (Å²) in [7, 11) is 0. The molecule has 0 radical (unpaired) electrons. The first-order chi connectivity index (χ1) is 10.7. The summed E-state index contributed by atoms with van der Waals surface area (Å²) in [5.74, 6) is 0.0823. The van der Waals surface area contributed by atoms with E-state index in [9.17, 15) is 4.39 Å². The Morgan fingerprint density at radius 1 is 1.36 bits per heavy atom. The molecule has 1 atom stereocenters. The molecule has 0 saturated carbocycles. The van der Waals surface area contributed by atoms with Crippen LogP contribution in [0.3, 0.4) is 0 Å². The first-order valence-electron chi connectivity index (χ1n) is 6.46. The van der Waals surface area contributed by atoms with Gasteiger partial charge < -0.3 is 5.32 Å². The molecular formula is C14H12FN5S2. The Hall–Kier alpha value is -2.16. The SMILES string of the molecule is N#CCC[C@H](C#N)CSc1nnc(Nc2cccc(F)c2)s1. The number of nitrogens with one attached hydrogen (secondary N) is 1. The summed E-state index contributed by atoms with van der Waals surface area (Å²) in [4.78, 5) is 0. The van der Waals surface area contributed by atoms with Crippen LogP contribution in [0.2, 0.25) is 0 Å². The molecule has 0 spiro atoms. The summed E-state index contributed by atoms with van der Waals surface area (Å²) in [5.41, 5.74) is 0.608. The second-order valence-corrected chi connectivity index (χ2v) is 6.59. The number of anilines is 2. The highest BCUT2D eigenvalue weighted by Gasteiger charge is 2.11. The molecule has 1 N–H and O–H groups in total. The zero-order valence-electron chi connectivity index (χ0n) is 11.5. The number of thioether (sulfide) groups is 1. The van der Waals surface area contributed by atoms with Crippen LogP contribution in [0.5, 0.6) is 0 Å². The molecule has 0 saturated heterocycles. The van der Waals surface area contributed by atoms with Crippen molar-refractivity contribution in [3.8, 4) is 12.1 Å². The highest BCUT2D eigenvalue weighted by atomic mass is 32.2. The molecule has 0 unspecified atom stereocenters. The van der Waals surface area contributed by atoms with E-state index in [1.165, 1.54) is 35.2 Å². The minimum atomic E-state index is -0.321. The number of hydrogen-bond acceptors (Lipinski definition) is 7. The van der Waals surface area contributed by atoms with Gasteiger partial charge in [-0.05, 0) is 24.6 Å². The van der Waals surface area contributed by atoms with Gasteiger partial charge in [0.05, 0.1) is 18.1 Å². The van der Waals surface area contributed by atoms with Gasteiger partial charge in [-0.15, -0.1) is 10.2 Å². The predicted molar refractivity (Wildman–Crippen MR) is 84.3 cm³/mol. The minimum absolute atomic E-state index is 0.173. The molecule has 0 fully saturated rings. The number of halogens is 1. The summed E-state index contributed by atoms with van der Waals surface area (Å²) in [6, 6.07) is 10.3. The highest BCUT2D eigenvalue weighted by molar-refractivity contribution is 8.01. The Balaban J connectivity index is 1.89. The van der Waals surface area contributed by atoms with Crippen molar-refractivity contribution in [3.05, 3.63) is 30.1 Å². The maximum Gasteiger partial charge on any atom is 0.210 e. The van der Waals surface area contributed by atoms with Crippen LogP contribution in [-0.2, 0) is 0 Å². The van der Waals surface area contributed by atoms with Crippen LogP contribution in [0.4, 0.5) is 15.2 Å². The van der Waals surface area contributed by atoms with Gasteiger partial charge in [-0.3, -0.25) is 0 Å². The van der Waals surface area contributed by atoms with Gasteiger partial charge in [-0.25, -0.2) is 4.39 Å². The van der Waals surface area contributed by atoms with Gasteiger partial charge in [0.25, 0.3) is 0 Å². The molecule has 0 amide bonds. The molecule has 0 bridgehead atoms. The third-order valence-corrected chi connectivity index (χ3v) is 4.81. The van der Waals surface area contributed by atoms with Crippen molar-refractivity contribution < 1.29 is 4.39 Å². The maximum atomic E-state index is 13.1. The van der Waals surface area contributed by atoms with Gasteiger partial charge >= 0.3 is 0 Å². The molecule has 5 nitrogen and oxygen atoms in total. The second-order valence-electron chi connectivity index (χ2n) is 4.34. The molecule has 2 rings (SSSR count). The van der Waals surface area contributed by atoms with Crippen molar-refractivity contribution in [2.24, 2.45) is 5.92 Å². The lowest BCUT2D eigenvalue weighted by Crippen LogP contribution is -1.99. The summed E-state index contributed by atoms with van der Waals surface area (Å²) in [6.07, 6.45) is 0.939. The Bertz CT molecular complexity index is 704. The number of aromatic nitrogens is 2. The fourth-order valence-electron chi connectivity index (χ4n) is 1.60. The van der Waals surface area contributed by atoms with E-state index in [2.05, 4.69) is 21.6 Å². The smallest absolute Gasteiger partial charge is 0.210 e. The predicted octanol–water partition coefficient (Wildman–Crippen LogP) is 3.96. The van der Waals surface area contributed by atoms with Crippen LogP contribution in [0.15, 0.2) is 28.6 Å². The molecule has 22 heavy (non-hydrogen) atoms. The maximum absolute atomic E-state index is 13.1. The van der Waals surface area contributed by atoms with Crippen molar-refractivity contribution in [2.45, 2.75) is 17.2 Å². The van der Waals surface area contributed by atoms with E-state index in [1.807, 2.05) is 6.07 Å². The lowest BCUT2D eigenvalue weighted by Gasteiger charge is -2.03. The number of nitriles is 2. The van der Waals surface area contributed by atoms with E-state index < -0.39 is 0 Å². The van der Waals surface area contributed by atoms with Crippen LogP contribution in [0.25, 0.3) is 0 Å². The summed E-state index contributed by atoms with van der Waals surface area (Å²) < 4.78 is 13.8. The number of benzene rings is 1. The largest absolute Gasteiger partial charge is 0.330 e. The molecule has 1 heterocycles. The zero-order chi connectivity index (χ0) is 15.8. The third kappa shape index (κ3) is 4.99. The summed E-state index contributed by atoms with van der Waals surface area (Å²) >= 11 is 2.78. The fourth-order valence-corrected chi connectivity index (χ4v) is 3.46. The van der Waals surface area contributed by atoms with Crippen molar-refractivity contribution in [2.75, 3.05) is 11.1 Å². The molecule has 0 aliphatic carbocycles. The van der Waals surface area contributed by atoms with Crippen molar-refractivity contribution in [1.82, 2.24) is 10.2 Å². The molecule has 112 valence electrons. The van der Waals surface area contributed by atoms with E-state index in [-0.39, 0.29) is 11.7 Å². The van der Waals surface area contributed by atoms with Crippen molar-refractivity contribution >= 4 is 33.9 Å². The van der Waals surface area contributed by atoms with Crippen molar-refractivity contribution in [1.29, 1.82) is 10.5 Å². The van der Waals surface area contributed by atoms with E-state index in [0.29, 0.717) is 29.4 Å². The van der Waals surface area contributed by atoms with E-state index in [1.54, 1.807) is 12.1 Å². The van der Waals surface area contributed by atoms with E-state index >= 15 is 0 Å². The Kier molecular flexibility index (Phi) is 6.13. The highest BCUT2D eigenvalue weighted by Crippen LogP contribution is 2.29. The quantitative estimate of drug-likeness (QED) is 0.772. The average Bonchev–Trinajstić information content (AvgIpc) is 2.95. The normalized spacial score (nSPS) is 11.4. The molecule has 1 aromatic heterocycles. The van der Waals surface area contributed by atoms with Crippen LogP contribution < -0.4 is 5.32 Å². The lowest BCUT2D eigenvalue weighted by molar-refractivity contribution is 0.628. The molecule has 0 aliphatic rings. The minimum Gasteiger partial charge on any atom is -0.330 e. The van der Waals surface area contributed by atoms with Gasteiger partial charge in [0.1, 0.15) is 5.82 Å². The molecule has 1 aromatic carbocycles. The van der Waals surface area contributed by atoms with Crippen molar-refractivity contribution in [3.63, 3.8) is 0 Å². The molecule has 2 aromatic rings. The monoisotopic (exact) mass is 333 g/mol.